The van der Waals surface area contributed by atoms with Crippen LogP contribution in [0, 0.1) is 0 Å². The summed E-state index contributed by atoms with van der Waals surface area (Å²) < 4.78 is 0. The second-order valence-corrected chi connectivity index (χ2v) is 5.46. The Balaban J connectivity index is 1.93. The van der Waals surface area contributed by atoms with Gasteiger partial charge in [-0.05, 0) is 37.4 Å². The van der Waals surface area contributed by atoms with E-state index in [4.69, 9.17) is 0 Å². The largest absolute Gasteiger partial charge is 0.308 e. The van der Waals surface area contributed by atoms with Gasteiger partial charge < -0.3 is 10.2 Å². The number of benzene rings is 1. The van der Waals surface area contributed by atoms with Gasteiger partial charge in [0.2, 0.25) is 0 Å². The quantitative estimate of drug-likeness (QED) is 0.859. The molecule has 0 amide bonds. The van der Waals surface area contributed by atoms with Gasteiger partial charge in [0.05, 0.1) is 0 Å². The Hall–Kier alpha value is -0.860. The molecular weight excluding hydrogens is 220 g/mol. The zero-order chi connectivity index (χ0) is 13.0. The maximum atomic E-state index is 3.67. The summed E-state index contributed by atoms with van der Waals surface area (Å²) in [5.41, 5.74) is 3.00. The Morgan fingerprint density at radius 1 is 1.22 bits per heavy atom. The zero-order valence-electron chi connectivity index (χ0n) is 11.9. The van der Waals surface area contributed by atoms with Crippen LogP contribution < -0.4 is 5.32 Å². The fourth-order valence-corrected chi connectivity index (χ4v) is 3.06. The lowest BCUT2D eigenvalue weighted by molar-refractivity contribution is 0.201. The van der Waals surface area contributed by atoms with Crippen molar-refractivity contribution < 1.29 is 0 Å². The molecule has 1 unspecified atom stereocenters. The average molecular weight is 246 g/mol. The van der Waals surface area contributed by atoms with Crippen molar-refractivity contribution in [1.82, 2.24) is 10.2 Å². The Morgan fingerprint density at radius 3 is 2.56 bits per heavy atom. The molecule has 0 bridgehead atoms. The maximum Gasteiger partial charge on any atom is 0.0238 e. The molecule has 1 atom stereocenters. The van der Waals surface area contributed by atoms with Gasteiger partial charge in [-0.15, -0.1) is 0 Å². The first kappa shape index (κ1) is 13.6. The summed E-state index contributed by atoms with van der Waals surface area (Å²) in [7, 11) is 2.26. The number of fused-ring (bicyclic) bond motifs is 1. The van der Waals surface area contributed by atoms with Gasteiger partial charge >= 0.3 is 0 Å². The molecule has 1 aliphatic rings. The highest BCUT2D eigenvalue weighted by Crippen LogP contribution is 2.17. The van der Waals surface area contributed by atoms with E-state index in [-0.39, 0.29) is 0 Å². The van der Waals surface area contributed by atoms with Crippen molar-refractivity contribution in [2.75, 3.05) is 13.6 Å². The fraction of sp³-hybridized carbons (Fsp3) is 0.625. The third kappa shape index (κ3) is 3.12. The fourth-order valence-electron chi connectivity index (χ4n) is 3.06. The molecule has 1 N–H and O–H groups in total. The van der Waals surface area contributed by atoms with Crippen LogP contribution in [0.25, 0.3) is 0 Å². The lowest BCUT2D eigenvalue weighted by Gasteiger charge is -2.33. The number of hydrogen-bond acceptors (Lipinski definition) is 2. The third-order valence-corrected chi connectivity index (χ3v) is 4.24. The van der Waals surface area contributed by atoms with E-state index >= 15 is 0 Å². The molecule has 18 heavy (non-hydrogen) atoms. The van der Waals surface area contributed by atoms with Crippen LogP contribution in [0.3, 0.4) is 0 Å². The molecule has 0 saturated heterocycles. The number of likely N-dealkylation sites (N-methyl/N-ethyl adjacent to an activating group) is 1. The zero-order valence-corrected chi connectivity index (χ0v) is 11.9. The van der Waals surface area contributed by atoms with Crippen LogP contribution in [0.15, 0.2) is 24.3 Å². The molecule has 0 aromatic heterocycles. The summed E-state index contributed by atoms with van der Waals surface area (Å²) in [6.45, 7) is 6.75. The molecule has 1 heterocycles. The minimum Gasteiger partial charge on any atom is -0.308 e. The second-order valence-electron chi connectivity index (χ2n) is 5.46. The SMILES string of the molecule is CCC(CC)N(C)CC1Cc2ccccc2CN1. The van der Waals surface area contributed by atoms with Crippen LogP contribution in [-0.2, 0) is 13.0 Å². The molecule has 0 saturated carbocycles. The van der Waals surface area contributed by atoms with Gasteiger partial charge in [-0.1, -0.05) is 38.1 Å². The standard InChI is InChI=1S/C16H26N2/c1-4-16(5-2)18(3)12-15-10-13-8-6-7-9-14(13)11-17-15/h6-9,15-17H,4-5,10-12H2,1-3H3. The van der Waals surface area contributed by atoms with Crippen molar-refractivity contribution in [3.63, 3.8) is 0 Å². The summed E-state index contributed by atoms with van der Waals surface area (Å²) in [5, 5.41) is 3.67. The smallest absolute Gasteiger partial charge is 0.0238 e. The number of nitrogens with one attached hydrogen (secondary N) is 1. The highest BCUT2D eigenvalue weighted by molar-refractivity contribution is 5.29. The maximum absolute atomic E-state index is 3.67. The van der Waals surface area contributed by atoms with Gasteiger partial charge in [-0.25, -0.2) is 0 Å². The van der Waals surface area contributed by atoms with Crippen molar-refractivity contribution in [2.24, 2.45) is 0 Å². The van der Waals surface area contributed by atoms with E-state index in [0.29, 0.717) is 6.04 Å². The van der Waals surface area contributed by atoms with E-state index in [0.717, 1.165) is 19.1 Å². The van der Waals surface area contributed by atoms with E-state index in [1.54, 1.807) is 0 Å². The Morgan fingerprint density at radius 2 is 1.89 bits per heavy atom. The van der Waals surface area contributed by atoms with Crippen molar-refractivity contribution in [3.8, 4) is 0 Å². The summed E-state index contributed by atoms with van der Waals surface area (Å²) in [4.78, 5) is 2.52. The first-order valence-corrected chi connectivity index (χ1v) is 7.25. The molecule has 0 fully saturated rings. The summed E-state index contributed by atoms with van der Waals surface area (Å²) in [6, 6.07) is 10.1. The minimum absolute atomic E-state index is 0.602. The lowest BCUT2D eigenvalue weighted by atomic mass is 9.95. The van der Waals surface area contributed by atoms with Crippen LogP contribution in [0.1, 0.15) is 37.8 Å². The molecule has 0 aliphatic carbocycles. The molecule has 1 aromatic rings. The van der Waals surface area contributed by atoms with Crippen molar-refractivity contribution in [3.05, 3.63) is 35.4 Å². The Bertz CT molecular complexity index is 371. The van der Waals surface area contributed by atoms with E-state index < -0.39 is 0 Å². The highest BCUT2D eigenvalue weighted by atomic mass is 15.2. The van der Waals surface area contributed by atoms with E-state index in [1.807, 2.05) is 0 Å². The van der Waals surface area contributed by atoms with Crippen molar-refractivity contribution in [2.45, 2.75) is 51.7 Å². The predicted molar refractivity (Wildman–Crippen MR) is 77.8 cm³/mol. The van der Waals surface area contributed by atoms with Crippen LogP contribution in [0.5, 0.6) is 0 Å². The van der Waals surface area contributed by atoms with Crippen molar-refractivity contribution in [1.29, 1.82) is 0 Å². The molecule has 0 radical (unpaired) electrons. The number of nitrogens with zero attached hydrogens (tertiary/aromatic N) is 1. The van der Waals surface area contributed by atoms with E-state index in [1.165, 1.54) is 30.4 Å². The summed E-state index contributed by atoms with van der Waals surface area (Å²) in [5.74, 6) is 0. The predicted octanol–water partition coefficient (Wildman–Crippen LogP) is 2.82. The topological polar surface area (TPSA) is 15.3 Å². The third-order valence-electron chi connectivity index (χ3n) is 4.24. The molecule has 0 spiro atoms. The normalized spacial score (nSPS) is 19.3. The van der Waals surface area contributed by atoms with Crippen LogP contribution in [0.4, 0.5) is 0 Å². The van der Waals surface area contributed by atoms with Gasteiger partial charge in [0.1, 0.15) is 0 Å². The lowest BCUT2D eigenvalue weighted by Crippen LogP contribution is -2.46. The molecule has 2 heteroatoms. The molecule has 1 aromatic carbocycles. The average Bonchev–Trinajstić information content (AvgIpc) is 2.40. The molecule has 100 valence electrons. The van der Waals surface area contributed by atoms with Gasteiger partial charge in [0.25, 0.3) is 0 Å². The second kappa shape index (κ2) is 6.35. The van der Waals surface area contributed by atoms with E-state index in [9.17, 15) is 0 Å². The van der Waals surface area contributed by atoms with Crippen LogP contribution >= 0.6 is 0 Å². The minimum atomic E-state index is 0.602. The van der Waals surface area contributed by atoms with Gasteiger partial charge in [0, 0.05) is 25.2 Å². The van der Waals surface area contributed by atoms with Gasteiger partial charge in [0.15, 0.2) is 0 Å². The number of hydrogen-bond donors (Lipinski definition) is 1. The first-order valence-electron chi connectivity index (χ1n) is 7.25. The van der Waals surface area contributed by atoms with Crippen LogP contribution in [0.2, 0.25) is 0 Å². The Kier molecular flexibility index (Phi) is 4.79. The summed E-state index contributed by atoms with van der Waals surface area (Å²) in [6.07, 6.45) is 3.66. The van der Waals surface area contributed by atoms with Crippen LogP contribution in [-0.4, -0.2) is 30.6 Å². The van der Waals surface area contributed by atoms with E-state index in [2.05, 4.69) is 55.4 Å². The van der Waals surface area contributed by atoms with Crippen molar-refractivity contribution >= 4 is 0 Å². The molecule has 2 rings (SSSR count). The molecular formula is C16H26N2. The molecule has 2 nitrogen and oxygen atoms in total. The highest BCUT2D eigenvalue weighted by Gasteiger charge is 2.20. The monoisotopic (exact) mass is 246 g/mol. The summed E-state index contributed by atoms with van der Waals surface area (Å²) >= 11 is 0. The number of rotatable bonds is 5. The van der Waals surface area contributed by atoms with Gasteiger partial charge in [-0.2, -0.15) is 0 Å². The molecule has 1 aliphatic heterocycles. The first-order chi connectivity index (χ1) is 8.74. The Labute approximate surface area is 111 Å². The van der Waals surface area contributed by atoms with Gasteiger partial charge in [-0.3, -0.25) is 0 Å².